The molecule has 122 valence electrons. The van der Waals surface area contributed by atoms with Crippen LogP contribution in [0.5, 0.6) is 0 Å². The Kier molecular flexibility index (Phi) is 3.32. The minimum Gasteiger partial charge on any atom is -0.356 e. The Bertz CT molecular complexity index is 1010. The van der Waals surface area contributed by atoms with Crippen molar-refractivity contribution in [1.82, 2.24) is 10.4 Å². The van der Waals surface area contributed by atoms with Crippen LogP contribution in [0.2, 0.25) is 0 Å². The predicted molar refractivity (Wildman–Crippen MR) is 102 cm³/mol. The third-order valence-corrected chi connectivity index (χ3v) is 4.94. The summed E-state index contributed by atoms with van der Waals surface area (Å²) in [7, 11) is 0. The van der Waals surface area contributed by atoms with E-state index in [1.807, 2.05) is 0 Å². The molecule has 1 atom stereocenters. The fourth-order valence-electron chi connectivity index (χ4n) is 3.72. The van der Waals surface area contributed by atoms with Crippen LogP contribution in [0.4, 0.5) is 5.69 Å². The first-order chi connectivity index (χ1) is 12.4. The molecule has 0 amide bonds. The Labute approximate surface area is 146 Å². The van der Waals surface area contributed by atoms with Gasteiger partial charge in [-0.15, -0.1) is 0 Å². The molecule has 3 heteroatoms. The van der Waals surface area contributed by atoms with Gasteiger partial charge in [-0.1, -0.05) is 66.7 Å². The van der Waals surface area contributed by atoms with Gasteiger partial charge in [0.05, 0.1) is 18.3 Å². The maximum Gasteiger partial charge on any atom is 0.0915 e. The molecule has 1 unspecified atom stereocenters. The molecule has 0 fully saturated rings. The summed E-state index contributed by atoms with van der Waals surface area (Å²) in [5.41, 5.74) is 9.98. The molecular formula is C22H19N3. The molecule has 2 heterocycles. The highest BCUT2D eigenvalue weighted by Crippen LogP contribution is 2.36. The van der Waals surface area contributed by atoms with Crippen LogP contribution in [0.25, 0.3) is 10.9 Å². The monoisotopic (exact) mass is 325 g/mol. The first-order valence-electron chi connectivity index (χ1n) is 8.63. The van der Waals surface area contributed by atoms with E-state index >= 15 is 0 Å². The average Bonchev–Trinajstić information content (AvgIpc) is 3.07. The number of aromatic nitrogens is 1. The topological polar surface area (TPSA) is 31.1 Å². The van der Waals surface area contributed by atoms with Crippen molar-refractivity contribution < 1.29 is 0 Å². The Morgan fingerprint density at radius 3 is 2.24 bits per heavy atom. The number of H-pyrrole nitrogens is 1. The lowest BCUT2D eigenvalue weighted by Gasteiger charge is -2.36. The van der Waals surface area contributed by atoms with Crippen molar-refractivity contribution in [3.8, 4) is 0 Å². The van der Waals surface area contributed by atoms with E-state index in [9.17, 15) is 0 Å². The van der Waals surface area contributed by atoms with Crippen molar-refractivity contribution in [2.24, 2.45) is 0 Å². The maximum atomic E-state index is 3.71. The van der Waals surface area contributed by atoms with Crippen LogP contribution in [-0.2, 0) is 6.54 Å². The van der Waals surface area contributed by atoms with Crippen LogP contribution >= 0.6 is 0 Å². The molecule has 0 spiro atoms. The van der Waals surface area contributed by atoms with Crippen molar-refractivity contribution in [3.63, 3.8) is 0 Å². The molecule has 1 aliphatic heterocycles. The van der Waals surface area contributed by atoms with Crippen molar-refractivity contribution in [2.75, 3.05) is 5.01 Å². The Morgan fingerprint density at radius 1 is 0.760 bits per heavy atom. The summed E-state index contributed by atoms with van der Waals surface area (Å²) < 4.78 is 0. The second kappa shape index (κ2) is 5.80. The van der Waals surface area contributed by atoms with Crippen LogP contribution in [0, 0.1) is 0 Å². The van der Waals surface area contributed by atoms with Gasteiger partial charge in [0.1, 0.15) is 0 Å². The largest absolute Gasteiger partial charge is 0.356 e. The number of anilines is 1. The highest BCUT2D eigenvalue weighted by atomic mass is 15.5. The molecule has 2 N–H and O–H groups in total. The maximum absolute atomic E-state index is 3.71. The summed E-state index contributed by atoms with van der Waals surface area (Å²) in [6, 6.07) is 29.8. The van der Waals surface area contributed by atoms with Crippen molar-refractivity contribution >= 4 is 16.6 Å². The SMILES string of the molecule is c1ccc(C2NN(c3ccccc3)Cc3c2[nH]c2ccccc32)cc1. The fourth-order valence-corrected chi connectivity index (χ4v) is 3.72. The van der Waals surface area contributed by atoms with E-state index in [2.05, 4.69) is 100 Å². The van der Waals surface area contributed by atoms with Gasteiger partial charge >= 0.3 is 0 Å². The van der Waals surface area contributed by atoms with Gasteiger partial charge in [0.15, 0.2) is 0 Å². The zero-order chi connectivity index (χ0) is 16.6. The molecule has 3 aromatic carbocycles. The van der Waals surface area contributed by atoms with E-state index in [0.717, 1.165) is 6.54 Å². The van der Waals surface area contributed by atoms with Gasteiger partial charge in [0.25, 0.3) is 0 Å². The van der Waals surface area contributed by atoms with Crippen LogP contribution in [0.3, 0.4) is 0 Å². The standard InChI is InChI=1S/C22H19N3/c1-3-9-16(10-4-1)21-22-19(18-13-7-8-14-20(18)23-22)15-25(24-21)17-11-5-2-6-12-17/h1-14,21,23-24H,15H2. The number of nitrogens with one attached hydrogen (secondary N) is 2. The van der Waals surface area contributed by atoms with Gasteiger partial charge < -0.3 is 9.99 Å². The zero-order valence-corrected chi connectivity index (χ0v) is 13.8. The number of hydrazine groups is 1. The molecule has 25 heavy (non-hydrogen) atoms. The lowest BCUT2D eigenvalue weighted by molar-refractivity contribution is 0.514. The summed E-state index contributed by atoms with van der Waals surface area (Å²) in [4.78, 5) is 3.65. The van der Waals surface area contributed by atoms with Crippen molar-refractivity contribution in [1.29, 1.82) is 0 Å². The van der Waals surface area contributed by atoms with Gasteiger partial charge in [-0.3, -0.25) is 0 Å². The summed E-state index contributed by atoms with van der Waals surface area (Å²) in [6.07, 6.45) is 0. The predicted octanol–water partition coefficient (Wildman–Crippen LogP) is 4.78. The van der Waals surface area contributed by atoms with E-state index < -0.39 is 0 Å². The number of hydrogen-bond acceptors (Lipinski definition) is 2. The number of hydrogen-bond donors (Lipinski definition) is 2. The lowest BCUT2D eigenvalue weighted by atomic mass is 9.98. The Morgan fingerprint density at radius 2 is 1.44 bits per heavy atom. The third-order valence-electron chi connectivity index (χ3n) is 4.94. The highest BCUT2D eigenvalue weighted by molar-refractivity contribution is 5.85. The quantitative estimate of drug-likeness (QED) is 0.555. The first-order valence-corrected chi connectivity index (χ1v) is 8.63. The van der Waals surface area contributed by atoms with Crippen LogP contribution in [-0.4, -0.2) is 4.98 Å². The summed E-state index contributed by atoms with van der Waals surface area (Å²) in [5.74, 6) is 0. The number of para-hydroxylation sites is 2. The summed E-state index contributed by atoms with van der Waals surface area (Å²) in [5, 5.41) is 3.56. The van der Waals surface area contributed by atoms with Crippen LogP contribution in [0.1, 0.15) is 22.9 Å². The third kappa shape index (κ3) is 2.41. The van der Waals surface area contributed by atoms with Crippen molar-refractivity contribution in [3.05, 3.63) is 102 Å². The number of fused-ring (bicyclic) bond motifs is 3. The second-order valence-electron chi connectivity index (χ2n) is 6.46. The summed E-state index contributed by atoms with van der Waals surface area (Å²) in [6.45, 7) is 0.840. The van der Waals surface area contributed by atoms with Crippen molar-refractivity contribution in [2.45, 2.75) is 12.6 Å². The number of benzene rings is 3. The molecule has 0 aliphatic carbocycles. The fraction of sp³-hybridized carbons (Fsp3) is 0.0909. The summed E-state index contributed by atoms with van der Waals surface area (Å²) >= 11 is 0. The molecule has 3 nitrogen and oxygen atoms in total. The van der Waals surface area contributed by atoms with E-state index in [1.165, 1.54) is 33.4 Å². The molecule has 0 radical (unpaired) electrons. The van der Waals surface area contributed by atoms with E-state index in [1.54, 1.807) is 0 Å². The molecule has 0 saturated heterocycles. The minimum absolute atomic E-state index is 0.109. The van der Waals surface area contributed by atoms with E-state index in [-0.39, 0.29) is 6.04 Å². The highest BCUT2D eigenvalue weighted by Gasteiger charge is 2.29. The molecule has 0 saturated carbocycles. The van der Waals surface area contributed by atoms with Gasteiger partial charge in [-0.2, -0.15) is 0 Å². The van der Waals surface area contributed by atoms with Gasteiger partial charge in [0, 0.05) is 22.2 Å². The molecule has 0 bridgehead atoms. The minimum atomic E-state index is 0.109. The van der Waals surface area contributed by atoms with Crippen LogP contribution < -0.4 is 10.4 Å². The lowest BCUT2D eigenvalue weighted by Crippen LogP contribution is -2.44. The molecule has 4 aromatic rings. The number of rotatable bonds is 2. The first kappa shape index (κ1) is 14.3. The Balaban J connectivity index is 1.68. The average molecular weight is 325 g/mol. The Hall–Kier alpha value is -3.04. The van der Waals surface area contributed by atoms with Gasteiger partial charge in [-0.05, 0) is 23.8 Å². The van der Waals surface area contributed by atoms with Gasteiger partial charge in [0.2, 0.25) is 0 Å². The molecule has 1 aliphatic rings. The zero-order valence-electron chi connectivity index (χ0n) is 13.8. The molecule has 1 aromatic heterocycles. The van der Waals surface area contributed by atoms with E-state index in [0.29, 0.717) is 0 Å². The van der Waals surface area contributed by atoms with Crippen LogP contribution in [0.15, 0.2) is 84.9 Å². The number of nitrogens with zero attached hydrogens (tertiary/aromatic N) is 1. The van der Waals surface area contributed by atoms with E-state index in [4.69, 9.17) is 0 Å². The molecular weight excluding hydrogens is 306 g/mol. The molecule has 5 rings (SSSR count). The van der Waals surface area contributed by atoms with Gasteiger partial charge in [-0.25, -0.2) is 5.43 Å². The smallest absolute Gasteiger partial charge is 0.0915 e. The normalized spacial score (nSPS) is 16.8. The second-order valence-corrected chi connectivity index (χ2v) is 6.46. The number of aromatic amines is 1.